The van der Waals surface area contributed by atoms with Crippen molar-refractivity contribution in [3.8, 4) is 17.2 Å². The van der Waals surface area contributed by atoms with Crippen molar-refractivity contribution in [3.63, 3.8) is 0 Å². The Labute approximate surface area is 139 Å². The van der Waals surface area contributed by atoms with Crippen molar-refractivity contribution in [1.29, 1.82) is 0 Å². The van der Waals surface area contributed by atoms with Gasteiger partial charge in [0.2, 0.25) is 0 Å². The maximum atomic E-state index is 12.7. The highest BCUT2D eigenvalue weighted by Crippen LogP contribution is 2.31. The van der Waals surface area contributed by atoms with Crippen LogP contribution in [0.3, 0.4) is 0 Å². The molecular formula is C16H17N3O4S. The fraction of sp³-hybridized carbons (Fsp3) is 0.188. The molecule has 0 radical (unpaired) electrons. The Balaban J connectivity index is 1.94. The number of ether oxygens (including phenoxy) is 1. The van der Waals surface area contributed by atoms with Crippen LogP contribution in [0.1, 0.15) is 12.7 Å². The summed E-state index contributed by atoms with van der Waals surface area (Å²) in [6, 6.07) is 10.0. The van der Waals surface area contributed by atoms with Crippen molar-refractivity contribution >= 4 is 15.7 Å². The van der Waals surface area contributed by atoms with Crippen molar-refractivity contribution in [1.82, 2.24) is 10.2 Å². The molecule has 7 nitrogen and oxygen atoms in total. The highest BCUT2D eigenvalue weighted by molar-refractivity contribution is 7.92. The molecule has 0 unspecified atom stereocenters. The number of H-pyrrole nitrogens is 1. The molecule has 8 heteroatoms. The summed E-state index contributed by atoms with van der Waals surface area (Å²) < 4.78 is 39.0. The van der Waals surface area contributed by atoms with Gasteiger partial charge in [-0.05, 0) is 32.0 Å². The van der Waals surface area contributed by atoms with Crippen LogP contribution in [0, 0.1) is 6.92 Å². The molecule has 0 saturated carbocycles. The van der Waals surface area contributed by atoms with E-state index in [1.807, 2.05) is 6.92 Å². The molecule has 0 aliphatic carbocycles. The molecule has 0 aliphatic rings. The van der Waals surface area contributed by atoms with E-state index >= 15 is 0 Å². The van der Waals surface area contributed by atoms with Crippen LogP contribution < -0.4 is 9.46 Å². The first-order valence-electron chi connectivity index (χ1n) is 7.36. The largest absolute Gasteiger partial charge is 0.492 e. The fourth-order valence-electron chi connectivity index (χ4n) is 2.29. The number of para-hydroxylation sites is 2. The molecule has 24 heavy (non-hydrogen) atoms. The highest BCUT2D eigenvalue weighted by atomic mass is 32.2. The summed E-state index contributed by atoms with van der Waals surface area (Å²) in [6.07, 6.45) is 1.57. The Bertz CT molecular complexity index is 930. The maximum Gasteiger partial charge on any atom is 0.265 e. The van der Waals surface area contributed by atoms with E-state index < -0.39 is 10.0 Å². The first-order valence-corrected chi connectivity index (χ1v) is 8.84. The van der Waals surface area contributed by atoms with Gasteiger partial charge in [-0.25, -0.2) is 8.42 Å². The molecule has 0 amide bonds. The van der Waals surface area contributed by atoms with Crippen LogP contribution in [-0.4, -0.2) is 25.2 Å². The lowest BCUT2D eigenvalue weighted by Crippen LogP contribution is -2.14. The number of benzene rings is 1. The molecule has 0 aliphatic heterocycles. The molecule has 1 aromatic carbocycles. The molecular weight excluding hydrogens is 330 g/mol. The second-order valence-corrected chi connectivity index (χ2v) is 6.69. The lowest BCUT2D eigenvalue weighted by atomic mass is 10.3. The Morgan fingerprint density at radius 1 is 1.29 bits per heavy atom. The average Bonchev–Trinajstić information content (AvgIpc) is 3.18. The number of nitrogens with one attached hydrogen (secondary N) is 2. The van der Waals surface area contributed by atoms with Crippen LogP contribution in [0.2, 0.25) is 0 Å². The van der Waals surface area contributed by atoms with Gasteiger partial charge in [0.05, 0.1) is 12.3 Å². The quantitative estimate of drug-likeness (QED) is 0.714. The smallest absolute Gasteiger partial charge is 0.265 e. The first kappa shape index (κ1) is 16.1. The second-order valence-electron chi connectivity index (χ2n) is 5.04. The molecule has 0 bridgehead atoms. The van der Waals surface area contributed by atoms with E-state index in [-0.39, 0.29) is 4.90 Å². The summed E-state index contributed by atoms with van der Waals surface area (Å²) in [5.74, 6) is 1.17. The highest BCUT2D eigenvalue weighted by Gasteiger charge is 2.23. The number of aryl methyl sites for hydroxylation is 1. The van der Waals surface area contributed by atoms with Gasteiger partial charge in [0.25, 0.3) is 10.0 Å². The van der Waals surface area contributed by atoms with E-state index in [0.717, 1.165) is 0 Å². The number of nitrogens with zero attached hydrogens (tertiary/aromatic N) is 1. The number of hydrogen-bond donors (Lipinski definition) is 2. The summed E-state index contributed by atoms with van der Waals surface area (Å²) in [7, 11) is -3.81. The maximum absolute atomic E-state index is 12.7. The van der Waals surface area contributed by atoms with Crippen LogP contribution in [0.5, 0.6) is 5.75 Å². The van der Waals surface area contributed by atoms with Gasteiger partial charge >= 0.3 is 0 Å². The third kappa shape index (κ3) is 3.13. The van der Waals surface area contributed by atoms with Gasteiger partial charge in [-0.3, -0.25) is 9.82 Å². The SMILES string of the molecule is CCOc1ccccc1NS(=O)(=O)c1cc(-c2ccn[nH]2)oc1C. The molecule has 3 rings (SSSR count). The fourth-order valence-corrected chi connectivity index (χ4v) is 3.54. The van der Waals surface area contributed by atoms with Crippen molar-refractivity contribution in [3.05, 3.63) is 48.4 Å². The number of hydrogen-bond acceptors (Lipinski definition) is 5. The Kier molecular flexibility index (Phi) is 4.30. The van der Waals surface area contributed by atoms with Crippen molar-refractivity contribution < 1.29 is 17.6 Å². The minimum Gasteiger partial charge on any atom is -0.492 e. The van der Waals surface area contributed by atoms with E-state index in [9.17, 15) is 8.42 Å². The van der Waals surface area contributed by atoms with Gasteiger partial charge in [-0.15, -0.1) is 0 Å². The van der Waals surface area contributed by atoms with Gasteiger partial charge in [-0.2, -0.15) is 5.10 Å². The molecule has 126 valence electrons. The molecule has 0 fully saturated rings. The number of aromatic nitrogens is 2. The summed E-state index contributed by atoms with van der Waals surface area (Å²) >= 11 is 0. The zero-order chi connectivity index (χ0) is 17.2. The van der Waals surface area contributed by atoms with Crippen LogP contribution >= 0.6 is 0 Å². The Morgan fingerprint density at radius 2 is 2.08 bits per heavy atom. The molecule has 2 N–H and O–H groups in total. The van der Waals surface area contributed by atoms with Gasteiger partial charge < -0.3 is 9.15 Å². The second kappa shape index (κ2) is 6.40. The molecule has 0 spiro atoms. The minimum atomic E-state index is -3.81. The van der Waals surface area contributed by atoms with Crippen LogP contribution in [0.15, 0.2) is 51.9 Å². The molecule has 2 aromatic heterocycles. The van der Waals surface area contributed by atoms with E-state index in [4.69, 9.17) is 9.15 Å². The number of furan rings is 1. The monoisotopic (exact) mass is 347 g/mol. The minimum absolute atomic E-state index is 0.0680. The molecule has 2 heterocycles. The predicted octanol–water partition coefficient (Wildman–Crippen LogP) is 3.18. The lowest BCUT2D eigenvalue weighted by molar-refractivity contribution is 0.342. The number of aromatic amines is 1. The van der Waals surface area contributed by atoms with E-state index in [1.165, 1.54) is 6.07 Å². The first-order chi connectivity index (χ1) is 11.5. The normalized spacial score (nSPS) is 11.4. The van der Waals surface area contributed by atoms with Gasteiger partial charge in [-0.1, -0.05) is 12.1 Å². The summed E-state index contributed by atoms with van der Waals surface area (Å²) in [4.78, 5) is 0.0680. The zero-order valence-corrected chi connectivity index (χ0v) is 14.1. The van der Waals surface area contributed by atoms with Crippen molar-refractivity contribution in [2.75, 3.05) is 11.3 Å². The number of rotatable bonds is 6. The topological polar surface area (TPSA) is 97.2 Å². The van der Waals surface area contributed by atoms with Gasteiger partial charge in [0.1, 0.15) is 22.1 Å². The third-order valence-electron chi connectivity index (χ3n) is 3.36. The number of anilines is 1. The van der Waals surface area contributed by atoms with Crippen molar-refractivity contribution in [2.45, 2.75) is 18.7 Å². The van der Waals surface area contributed by atoms with Crippen molar-refractivity contribution in [2.24, 2.45) is 0 Å². The van der Waals surface area contributed by atoms with Gasteiger partial charge in [0.15, 0.2) is 5.76 Å². The van der Waals surface area contributed by atoms with Crippen LogP contribution in [-0.2, 0) is 10.0 Å². The van der Waals surface area contributed by atoms with Gasteiger partial charge in [0, 0.05) is 12.3 Å². The Hall–Kier alpha value is -2.74. The summed E-state index contributed by atoms with van der Waals surface area (Å²) in [5.41, 5.74) is 0.984. The summed E-state index contributed by atoms with van der Waals surface area (Å²) in [5, 5.41) is 6.57. The third-order valence-corrected chi connectivity index (χ3v) is 4.83. The standard InChI is InChI=1S/C16H17N3O4S/c1-3-22-14-7-5-4-6-13(14)19-24(20,21)16-10-15(23-11(16)2)12-8-9-17-18-12/h4-10,19H,3H2,1-2H3,(H,17,18). The molecule has 0 atom stereocenters. The van der Waals surface area contributed by atoms with E-state index in [2.05, 4.69) is 14.9 Å². The van der Waals surface area contributed by atoms with E-state index in [1.54, 1.807) is 43.5 Å². The van der Waals surface area contributed by atoms with Crippen LogP contribution in [0.25, 0.3) is 11.5 Å². The molecule has 3 aromatic rings. The molecule has 0 saturated heterocycles. The summed E-state index contributed by atoms with van der Waals surface area (Å²) in [6.45, 7) is 3.87. The zero-order valence-electron chi connectivity index (χ0n) is 13.2. The Morgan fingerprint density at radius 3 is 2.79 bits per heavy atom. The van der Waals surface area contributed by atoms with Crippen LogP contribution in [0.4, 0.5) is 5.69 Å². The van der Waals surface area contributed by atoms with E-state index in [0.29, 0.717) is 35.3 Å². The average molecular weight is 347 g/mol. The number of sulfonamides is 1. The predicted molar refractivity (Wildman–Crippen MR) is 89.4 cm³/mol. The lowest BCUT2D eigenvalue weighted by Gasteiger charge is -2.12.